The highest BCUT2D eigenvalue weighted by atomic mass is 32.1. The zero-order chi connectivity index (χ0) is 24.1. The second-order valence-electron chi connectivity index (χ2n) is 8.45. The van der Waals surface area contributed by atoms with E-state index in [2.05, 4.69) is 61.4 Å². The van der Waals surface area contributed by atoms with Gasteiger partial charge in [-0.15, -0.1) is 0 Å². The van der Waals surface area contributed by atoms with Crippen LogP contribution >= 0.6 is 12.2 Å². The maximum atomic E-state index is 5.62. The number of benzene rings is 1. The maximum Gasteiger partial charge on any atom is 0.229 e. The first kappa shape index (κ1) is 23.6. The van der Waals surface area contributed by atoms with Gasteiger partial charge in [-0.25, -0.2) is 15.0 Å². The van der Waals surface area contributed by atoms with E-state index in [4.69, 9.17) is 17.2 Å². The van der Waals surface area contributed by atoms with Crippen LogP contribution in [0, 0.1) is 27.7 Å². The highest BCUT2D eigenvalue weighted by molar-refractivity contribution is 7.80. The minimum atomic E-state index is 0.381. The molecule has 4 rings (SSSR count). The summed E-state index contributed by atoms with van der Waals surface area (Å²) in [6, 6.07) is 14.1. The number of pyridine rings is 1. The number of nitrogens with zero attached hydrogens (tertiary/aromatic N) is 6. The number of nitrogens with one attached hydrogen (secondary N) is 2. The lowest BCUT2D eigenvalue weighted by molar-refractivity contribution is 0.384. The number of thiocarbonyl (C=S) groups is 1. The lowest BCUT2D eigenvalue weighted by atomic mass is 10.1. The Hall–Kier alpha value is -3.59. The largest absolute Gasteiger partial charge is 0.353 e. The Bertz CT molecular complexity index is 1170. The van der Waals surface area contributed by atoms with Gasteiger partial charge in [0.2, 0.25) is 17.0 Å². The number of hydrogen-bond donors (Lipinski definition) is 2. The van der Waals surface area contributed by atoms with Crippen molar-refractivity contribution in [2.24, 2.45) is 4.99 Å². The van der Waals surface area contributed by atoms with E-state index in [0.29, 0.717) is 17.0 Å². The summed E-state index contributed by atoms with van der Waals surface area (Å²) in [6.45, 7) is 11.2. The van der Waals surface area contributed by atoms with Crippen LogP contribution in [0.2, 0.25) is 0 Å². The molecule has 2 aromatic heterocycles. The molecule has 1 fully saturated rings. The molecule has 3 heterocycles. The minimum absolute atomic E-state index is 0.381. The summed E-state index contributed by atoms with van der Waals surface area (Å²) in [5.74, 6) is 2.13. The first-order chi connectivity index (χ1) is 16.4. The molecule has 0 spiro atoms. The van der Waals surface area contributed by atoms with Gasteiger partial charge in [-0.2, -0.15) is 4.99 Å². The fraction of sp³-hybridized carbons (Fsp3) is 0.320. The topological polar surface area (TPSA) is 81.6 Å². The van der Waals surface area contributed by atoms with Crippen molar-refractivity contribution in [2.45, 2.75) is 27.7 Å². The van der Waals surface area contributed by atoms with Crippen molar-refractivity contribution in [3.05, 3.63) is 71.2 Å². The van der Waals surface area contributed by atoms with Crippen LogP contribution in [0.15, 0.2) is 53.7 Å². The number of piperazine rings is 1. The Morgan fingerprint density at radius 2 is 1.65 bits per heavy atom. The van der Waals surface area contributed by atoms with Gasteiger partial charge in [0.05, 0.1) is 0 Å². The van der Waals surface area contributed by atoms with Crippen LogP contribution in [0.5, 0.6) is 0 Å². The van der Waals surface area contributed by atoms with Gasteiger partial charge >= 0.3 is 0 Å². The van der Waals surface area contributed by atoms with E-state index in [-0.39, 0.29) is 0 Å². The molecule has 0 atom stereocenters. The van der Waals surface area contributed by atoms with E-state index in [1.165, 1.54) is 5.56 Å². The molecule has 0 radical (unpaired) electrons. The predicted molar refractivity (Wildman–Crippen MR) is 143 cm³/mol. The Kier molecular flexibility index (Phi) is 7.32. The van der Waals surface area contributed by atoms with Crippen LogP contribution < -0.4 is 15.5 Å². The molecule has 1 aromatic carbocycles. The van der Waals surface area contributed by atoms with Crippen molar-refractivity contribution in [2.75, 3.05) is 41.7 Å². The standard InChI is InChI=1S/C25H30N8S/c1-17-8-9-21(18(2)15-17)29-25(34)31-24(30-23-27-19(3)16-20(4)28-23)33-13-11-32(12-14-33)22-7-5-6-10-26-22/h5-10,15-16H,11-14H2,1-4H3,(H2,27,28,29,30,31,34). The lowest BCUT2D eigenvalue weighted by Gasteiger charge is -2.36. The molecular weight excluding hydrogens is 444 g/mol. The summed E-state index contributed by atoms with van der Waals surface area (Å²) in [4.78, 5) is 22.7. The number of aliphatic imine (C=N–C) groups is 1. The SMILES string of the molecule is Cc1ccc(NC(=S)/N=C(/Nc2nc(C)cc(C)n2)N2CCN(c3ccccn3)CC2)c(C)c1. The fourth-order valence-corrected chi connectivity index (χ4v) is 4.14. The first-order valence-corrected chi connectivity index (χ1v) is 11.8. The van der Waals surface area contributed by atoms with Gasteiger partial charge in [0.25, 0.3) is 0 Å². The summed E-state index contributed by atoms with van der Waals surface area (Å²) in [6.07, 6.45) is 1.82. The molecular formula is C25H30N8S. The molecule has 3 aromatic rings. The van der Waals surface area contributed by atoms with Gasteiger partial charge in [-0.05, 0) is 69.7 Å². The second-order valence-corrected chi connectivity index (χ2v) is 8.83. The van der Waals surface area contributed by atoms with Gasteiger partial charge in [-0.3, -0.25) is 5.32 Å². The summed E-state index contributed by atoms with van der Waals surface area (Å²) in [5.41, 5.74) is 5.06. The third kappa shape index (κ3) is 6.05. The number of guanidine groups is 1. The molecule has 0 aliphatic carbocycles. The Morgan fingerprint density at radius 3 is 2.29 bits per heavy atom. The van der Waals surface area contributed by atoms with Crippen molar-refractivity contribution in [1.29, 1.82) is 0 Å². The van der Waals surface area contributed by atoms with Gasteiger partial charge in [-0.1, -0.05) is 23.8 Å². The lowest BCUT2D eigenvalue weighted by Crippen LogP contribution is -2.51. The van der Waals surface area contributed by atoms with E-state index >= 15 is 0 Å². The monoisotopic (exact) mass is 474 g/mol. The molecule has 0 amide bonds. The average Bonchev–Trinajstić information content (AvgIpc) is 2.80. The van der Waals surface area contributed by atoms with Gasteiger partial charge in [0.1, 0.15) is 5.82 Å². The second kappa shape index (κ2) is 10.6. The zero-order valence-corrected chi connectivity index (χ0v) is 20.9. The maximum absolute atomic E-state index is 5.62. The summed E-state index contributed by atoms with van der Waals surface area (Å²) in [5, 5.41) is 6.96. The third-order valence-electron chi connectivity index (χ3n) is 5.59. The first-order valence-electron chi connectivity index (χ1n) is 11.3. The normalized spacial score (nSPS) is 14.2. The summed E-state index contributed by atoms with van der Waals surface area (Å²) in [7, 11) is 0. The van der Waals surface area contributed by atoms with Crippen molar-refractivity contribution >= 4 is 40.7 Å². The Morgan fingerprint density at radius 1 is 0.912 bits per heavy atom. The zero-order valence-electron chi connectivity index (χ0n) is 20.0. The van der Waals surface area contributed by atoms with Gasteiger partial charge in [0.15, 0.2) is 0 Å². The van der Waals surface area contributed by atoms with Crippen LogP contribution in [0.4, 0.5) is 17.5 Å². The molecule has 0 bridgehead atoms. The fourth-order valence-electron chi connectivity index (χ4n) is 3.94. The third-order valence-corrected chi connectivity index (χ3v) is 5.78. The van der Waals surface area contributed by atoms with Gasteiger partial charge in [0, 0.05) is 49.5 Å². The van der Waals surface area contributed by atoms with E-state index < -0.39 is 0 Å². The Labute approximate surface area is 206 Å². The van der Waals surface area contributed by atoms with Crippen molar-refractivity contribution in [1.82, 2.24) is 19.9 Å². The highest BCUT2D eigenvalue weighted by Crippen LogP contribution is 2.17. The minimum Gasteiger partial charge on any atom is -0.353 e. The van der Waals surface area contributed by atoms with Crippen molar-refractivity contribution < 1.29 is 0 Å². The van der Waals surface area contributed by atoms with Crippen LogP contribution in [-0.4, -0.2) is 57.1 Å². The van der Waals surface area contributed by atoms with Crippen LogP contribution in [0.1, 0.15) is 22.5 Å². The van der Waals surface area contributed by atoms with Gasteiger partial charge < -0.3 is 15.1 Å². The van der Waals surface area contributed by atoms with Crippen molar-refractivity contribution in [3.8, 4) is 0 Å². The van der Waals surface area contributed by atoms with Crippen molar-refractivity contribution in [3.63, 3.8) is 0 Å². The smallest absolute Gasteiger partial charge is 0.229 e. The molecule has 2 N–H and O–H groups in total. The summed E-state index contributed by atoms with van der Waals surface area (Å²) >= 11 is 5.62. The number of rotatable bonds is 3. The average molecular weight is 475 g/mol. The van der Waals surface area contributed by atoms with E-state index in [0.717, 1.165) is 54.6 Å². The molecule has 1 saturated heterocycles. The quantitative estimate of drug-likeness (QED) is 0.334. The number of hydrogen-bond acceptors (Lipinski definition) is 5. The molecule has 1 aliphatic heterocycles. The van der Waals surface area contributed by atoms with E-state index in [1.807, 2.05) is 50.4 Å². The Balaban J connectivity index is 1.54. The molecule has 34 heavy (non-hydrogen) atoms. The molecule has 1 aliphatic rings. The molecule has 9 heteroatoms. The molecule has 176 valence electrons. The van der Waals surface area contributed by atoms with Crippen LogP contribution in [0.3, 0.4) is 0 Å². The van der Waals surface area contributed by atoms with Crippen LogP contribution in [0.25, 0.3) is 0 Å². The number of anilines is 3. The molecule has 0 unspecified atom stereocenters. The van der Waals surface area contributed by atoms with E-state index in [1.54, 1.807) is 0 Å². The molecule has 0 saturated carbocycles. The predicted octanol–water partition coefficient (Wildman–Crippen LogP) is 4.09. The van der Waals surface area contributed by atoms with E-state index in [9.17, 15) is 0 Å². The number of aryl methyl sites for hydroxylation is 4. The number of aromatic nitrogens is 3. The highest BCUT2D eigenvalue weighted by Gasteiger charge is 2.22. The summed E-state index contributed by atoms with van der Waals surface area (Å²) < 4.78 is 0. The van der Waals surface area contributed by atoms with Crippen LogP contribution in [-0.2, 0) is 0 Å². The molecule has 8 nitrogen and oxygen atoms in total.